The zero-order valence-corrected chi connectivity index (χ0v) is 12.5. The number of amides is 2. The van der Waals surface area contributed by atoms with Crippen LogP contribution in [-0.2, 0) is 0 Å². The number of hydrogen-bond donors (Lipinski definition) is 2. The van der Waals surface area contributed by atoms with Crippen LogP contribution in [0.1, 0.15) is 31.7 Å². The smallest absolute Gasteiger partial charge is 0.319 e. The molecule has 2 amide bonds. The number of likely N-dealkylation sites (tertiary alicyclic amines) is 1. The molecule has 110 valence electrons. The largest absolute Gasteiger partial charge is 0.335 e. The van der Waals surface area contributed by atoms with E-state index in [1.165, 1.54) is 13.0 Å². The van der Waals surface area contributed by atoms with Crippen molar-refractivity contribution in [2.75, 3.05) is 25.0 Å². The predicted octanol–water partition coefficient (Wildman–Crippen LogP) is 2.99. The zero-order valence-electron chi connectivity index (χ0n) is 12.5. The van der Waals surface area contributed by atoms with E-state index >= 15 is 0 Å². The number of carbonyl (C=O) groups is 1. The third-order valence-corrected chi connectivity index (χ3v) is 3.74. The van der Waals surface area contributed by atoms with Crippen molar-refractivity contribution in [3.05, 3.63) is 29.8 Å². The Morgan fingerprint density at radius 2 is 2.10 bits per heavy atom. The second kappa shape index (κ2) is 7.29. The SMILES string of the molecule is CCCN1CCC(NC(=O)Nc2cccc(C)c2)CC1. The standard InChI is InChI=1S/C16H25N3O/c1-3-9-19-10-7-14(8-11-19)17-16(20)18-15-6-4-5-13(2)12-15/h4-6,12,14H,3,7-11H2,1-2H3,(H2,17,18,20). The molecule has 1 heterocycles. The molecule has 0 bridgehead atoms. The number of carbonyl (C=O) groups excluding carboxylic acids is 1. The number of hydrogen-bond acceptors (Lipinski definition) is 2. The monoisotopic (exact) mass is 275 g/mol. The molecule has 0 aliphatic carbocycles. The highest BCUT2D eigenvalue weighted by atomic mass is 16.2. The average Bonchev–Trinajstić information content (AvgIpc) is 2.41. The fourth-order valence-corrected chi connectivity index (χ4v) is 2.69. The number of aryl methyl sites for hydroxylation is 1. The molecular formula is C16H25N3O. The summed E-state index contributed by atoms with van der Waals surface area (Å²) in [5.41, 5.74) is 2.00. The lowest BCUT2D eigenvalue weighted by Crippen LogP contribution is -2.46. The van der Waals surface area contributed by atoms with Gasteiger partial charge in [-0.2, -0.15) is 0 Å². The fraction of sp³-hybridized carbons (Fsp3) is 0.562. The second-order valence-electron chi connectivity index (χ2n) is 5.58. The number of nitrogens with zero attached hydrogens (tertiary/aromatic N) is 1. The Morgan fingerprint density at radius 3 is 2.75 bits per heavy atom. The van der Waals surface area contributed by atoms with Gasteiger partial charge < -0.3 is 15.5 Å². The van der Waals surface area contributed by atoms with Gasteiger partial charge in [-0.1, -0.05) is 19.1 Å². The lowest BCUT2D eigenvalue weighted by atomic mass is 10.1. The number of rotatable bonds is 4. The molecule has 20 heavy (non-hydrogen) atoms. The molecule has 1 aliphatic rings. The van der Waals surface area contributed by atoms with Gasteiger partial charge in [0.15, 0.2) is 0 Å². The Morgan fingerprint density at radius 1 is 1.35 bits per heavy atom. The van der Waals surface area contributed by atoms with Crippen molar-refractivity contribution in [2.45, 2.75) is 39.2 Å². The van der Waals surface area contributed by atoms with Crippen LogP contribution in [0.15, 0.2) is 24.3 Å². The number of urea groups is 1. The minimum atomic E-state index is -0.0930. The van der Waals surface area contributed by atoms with Gasteiger partial charge in [-0.25, -0.2) is 4.79 Å². The lowest BCUT2D eigenvalue weighted by Gasteiger charge is -2.32. The van der Waals surface area contributed by atoms with Crippen molar-refractivity contribution in [2.24, 2.45) is 0 Å². The minimum Gasteiger partial charge on any atom is -0.335 e. The average molecular weight is 275 g/mol. The first-order valence-electron chi connectivity index (χ1n) is 7.54. The summed E-state index contributed by atoms with van der Waals surface area (Å²) in [6.45, 7) is 7.57. The molecule has 1 aromatic carbocycles. The molecule has 0 unspecified atom stereocenters. The van der Waals surface area contributed by atoms with Crippen molar-refractivity contribution in [3.8, 4) is 0 Å². The third-order valence-electron chi connectivity index (χ3n) is 3.74. The quantitative estimate of drug-likeness (QED) is 0.887. The van der Waals surface area contributed by atoms with Gasteiger partial charge in [-0.3, -0.25) is 0 Å². The van der Waals surface area contributed by atoms with Crippen LogP contribution in [0, 0.1) is 6.92 Å². The van der Waals surface area contributed by atoms with E-state index < -0.39 is 0 Å². The first-order chi connectivity index (χ1) is 9.67. The molecule has 1 aliphatic heterocycles. The van der Waals surface area contributed by atoms with E-state index in [-0.39, 0.29) is 6.03 Å². The van der Waals surface area contributed by atoms with Gasteiger partial charge in [0.25, 0.3) is 0 Å². The van der Waals surface area contributed by atoms with Gasteiger partial charge in [-0.05, 0) is 50.4 Å². The number of anilines is 1. The summed E-state index contributed by atoms with van der Waals surface area (Å²) >= 11 is 0. The molecule has 0 saturated carbocycles. The van der Waals surface area contributed by atoms with Gasteiger partial charge in [0.1, 0.15) is 0 Å². The van der Waals surface area contributed by atoms with E-state index in [1.54, 1.807) is 0 Å². The summed E-state index contributed by atoms with van der Waals surface area (Å²) in [5, 5.41) is 5.98. The van der Waals surface area contributed by atoms with Gasteiger partial charge in [0, 0.05) is 24.8 Å². The van der Waals surface area contributed by atoms with Crippen LogP contribution in [0.4, 0.5) is 10.5 Å². The molecular weight excluding hydrogens is 250 g/mol. The van der Waals surface area contributed by atoms with Crippen LogP contribution in [0.2, 0.25) is 0 Å². The van der Waals surface area contributed by atoms with Gasteiger partial charge in [0.2, 0.25) is 0 Å². The van der Waals surface area contributed by atoms with Crippen LogP contribution < -0.4 is 10.6 Å². The van der Waals surface area contributed by atoms with Crippen LogP contribution in [0.25, 0.3) is 0 Å². The summed E-state index contributed by atoms with van der Waals surface area (Å²) < 4.78 is 0. The highest BCUT2D eigenvalue weighted by Crippen LogP contribution is 2.12. The topological polar surface area (TPSA) is 44.4 Å². The van der Waals surface area contributed by atoms with E-state index in [1.807, 2.05) is 31.2 Å². The highest BCUT2D eigenvalue weighted by molar-refractivity contribution is 5.89. The van der Waals surface area contributed by atoms with Crippen molar-refractivity contribution < 1.29 is 4.79 Å². The first kappa shape index (κ1) is 14.9. The summed E-state index contributed by atoms with van der Waals surface area (Å²) in [4.78, 5) is 14.4. The molecule has 1 saturated heterocycles. The zero-order chi connectivity index (χ0) is 14.4. The molecule has 0 aromatic heterocycles. The van der Waals surface area contributed by atoms with Crippen LogP contribution >= 0.6 is 0 Å². The Labute approximate surface area is 121 Å². The third kappa shape index (κ3) is 4.53. The van der Waals surface area contributed by atoms with E-state index in [0.717, 1.165) is 37.2 Å². The molecule has 4 heteroatoms. The predicted molar refractivity (Wildman–Crippen MR) is 83.1 cm³/mol. The molecule has 2 rings (SSSR count). The Balaban J connectivity index is 1.75. The van der Waals surface area contributed by atoms with Crippen molar-refractivity contribution in [3.63, 3.8) is 0 Å². The Kier molecular flexibility index (Phi) is 5.41. The molecule has 1 fully saturated rings. The van der Waals surface area contributed by atoms with Gasteiger partial charge >= 0.3 is 6.03 Å². The molecule has 0 atom stereocenters. The van der Waals surface area contributed by atoms with E-state index in [9.17, 15) is 4.79 Å². The maximum atomic E-state index is 12.0. The molecule has 4 nitrogen and oxygen atoms in total. The van der Waals surface area contributed by atoms with Crippen LogP contribution in [0.5, 0.6) is 0 Å². The minimum absolute atomic E-state index is 0.0930. The van der Waals surface area contributed by atoms with Crippen molar-refractivity contribution in [1.29, 1.82) is 0 Å². The van der Waals surface area contributed by atoms with Crippen LogP contribution in [0.3, 0.4) is 0 Å². The molecule has 1 aromatic rings. The number of nitrogens with one attached hydrogen (secondary N) is 2. The van der Waals surface area contributed by atoms with Crippen LogP contribution in [-0.4, -0.2) is 36.6 Å². The maximum Gasteiger partial charge on any atom is 0.319 e. The first-order valence-corrected chi connectivity index (χ1v) is 7.54. The fourth-order valence-electron chi connectivity index (χ4n) is 2.69. The normalized spacial score (nSPS) is 16.9. The summed E-state index contributed by atoms with van der Waals surface area (Å²) in [5.74, 6) is 0. The lowest BCUT2D eigenvalue weighted by molar-refractivity contribution is 0.196. The number of benzene rings is 1. The Hall–Kier alpha value is -1.55. The van der Waals surface area contributed by atoms with E-state index in [0.29, 0.717) is 6.04 Å². The summed E-state index contributed by atoms with van der Waals surface area (Å²) in [7, 11) is 0. The van der Waals surface area contributed by atoms with Crippen molar-refractivity contribution in [1.82, 2.24) is 10.2 Å². The second-order valence-corrected chi connectivity index (χ2v) is 5.58. The summed E-state index contributed by atoms with van der Waals surface area (Å²) in [6, 6.07) is 8.07. The summed E-state index contributed by atoms with van der Waals surface area (Å²) in [6.07, 6.45) is 3.29. The van der Waals surface area contributed by atoms with Crippen molar-refractivity contribution >= 4 is 11.7 Å². The highest BCUT2D eigenvalue weighted by Gasteiger charge is 2.19. The number of piperidine rings is 1. The van der Waals surface area contributed by atoms with Gasteiger partial charge in [0.05, 0.1) is 0 Å². The molecule has 0 spiro atoms. The molecule has 0 radical (unpaired) electrons. The van der Waals surface area contributed by atoms with E-state index in [4.69, 9.17) is 0 Å². The maximum absolute atomic E-state index is 12.0. The molecule has 2 N–H and O–H groups in total. The van der Waals surface area contributed by atoms with Gasteiger partial charge in [-0.15, -0.1) is 0 Å². The van der Waals surface area contributed by atoms with E-state index in [2.05, 4.69) is 22.5 Å². The Bertz CT molecular complexity index is 439.